The van der Waals surface area contributed by atoms with E-state index < -0.39 is 0 Å². The van der Waals surface area contributed by atoms with E-state index in [1.165, 1.54) is 18.4 Å². The molecule has 4 nitrogen and oxygen atoms in total. The van der Waals surface area contributed by atoms with Gasteiger partial charge in [-0.1, -0.05) is 6.42 Å². The maximum absolute atomic E-state index is 12.0. The summed E-state index contributed by atoms with van der Waals surface area (Å²) in [4.78, 5) is 14.4. The minimum Gasteiger partial charge on any atom is -0.423 e. The van der Waals surface area contributed by atoms with Gasteiger partial charge in [0.15, 0.2) is 0 Å². The van der Waals surface area contributed by atoms with Crippen molar-refractivity contribution in [3.63, 3.8) is 0 Å². The van der Waals surface area contributed by atoms with E-state index in [1.807, 2.05) is 13.0 Å². The van der Waals surface area contributed by atoms with Crippen molar-refractivity contribution in [1.29, 1.82) is 0 Å². The van der Waals surface area contributed by atoms with Crippen LogP contribution in [0.15, 0.2) is 27.4 Å². The molecule has 2 fully saturated rings. The molecule has 128 valence electrons. The zero-order valence-electron chi connectivity index (χ0n) is 14.5. The van der Waals surface area contributed by atoms with Gasteiger partial charge < -0.3 is 10.2 Å². The molecule has 1 saturated carbocycles. The second-order valence-corrected chi connectivity index (χ2v) is 7.74. The highest BCUT2D eigenvalue weighted by Gasteiger charge is 2.38. The molecule has 0 amide bonds. The zero-order valence-corrected chi connectivity index (χ0v) is 14.5. The number of benzene rings is 1. The Balaban J connectivity index is 1.65. The van der Waals surface area contributed by atoms with Crippen molar-refractivity contribution in [2.45, 2.75) is 45.7 Å². The molecule has 1 saturated heterocycles. The van der Waals surface area contributed by atoms with E-state index in [4.69, 9.17) is 10.2 Å². The quantitative estimate of drug-likeness (QED) is 0.862. The molecule has 1 aliphatic heterocycles. The van der Waals surface area contributed by atoms with Crippen molar-refractivity contribution in [3.8, 4) is 0 Å². The first-order valence-corrected chi connectivity index (χ1v) is 9.03. The van der Waals surface area contributed by atoms with Crippen LogP contribution in [0.1, 0.15) is 36.0 Å². The van der Waals surface area contributed by atoms with Crippen LogP contribution < -0.4 is 11.4 Å². The lowest BCUT2D eigenvalue weighted by Gasteiger charge is -2.29. The monoisotopic (exact) mass is 326 g/mol. The van der Waals surface area contributed by atoms with Crippen LogP contribution >= 0.6 is 0 Å². The highest BCUT2D eigenvalue weighted by Crippen LogP contribution is 2.36. The lowest BCUT2D eigenvalue weighted by Crippen LogP contribution is -2.38. The molecule has 2 aromatic rings. The third-order valence-electron chi connectivity index (χ3n) is 6.07. The lowest BCUT2D eigenvalue weighted by molar-refractivity contribution is 0.259. The summed E-state index contributed by atoms with van der Waals surface area (Å²) in [7, 11) is 0. The van der Waals surface area contributed by atoms with Crippen molar-refractivity contribution in [2.75, 3.05) is 13.1 Å². The second-order valence-electron chi connectivity index (χ2n) is 7.74. The fraction of sp³-hybridized carbons (Fsp3) is 0.550. The Hall–Kier alpha value is -1.65. The molecular weight excluding hydrogens is 300 g/mol. The van der Waals surface area contributed by atoms with E-state index in [0.29, 0.717) is 17.5 Å². The van der Waals surface area contributed by atoms with Gasteiger partial charge in [-0.05, 0) is 67.3 Å². The average Bonchev–Trinajstić information content (AvgIpc) is 2.93. The summed E-state index contributed by atoms with van der Waals surface area (Å²) in [5, 5.41) is 1.07. The second kappa shape index (κ2) is 6.01. The maximum Gasteiger partial charge on any atom is 0.336 e. The Morgan fingerprint density at radius 2 is 1.96 bits per heavy atom. The fourth-order valence-electron chi connectivity index (χ4n) is 4.59. The van der Waals surface area contributed by atoms with Crippen LogP contribution in [0.2, 0.25) is 0 Å². The van der Waals surface area contributed by atoms with E-state index >= 15 is 0 Å². The topological polar surface area (TPSA) is 59.5 Å². The number of nitrogens with zero attached hydrogens (tertiary/aromatic N) is 1. The van der Waals surface area contributed by atoms with Gasteiger partial charge in [-0.2, -0.15) is 0 Å². The number of nitrogens with two attached hydrogens (primary N) is 1. The smallest absolute Gasteiger partial charge is 0.336 e. The molecule has 0 radical (unpaired) electrons. The Bertz CT molecular complexity index is 826. The average molecular weight is 326 g/mol. The maximum atomic E-state index is 12.0. The Labute approximate surface area is 142 Å². The Morgan fingerprint density at radius 1 is 1.17 bits per heavy atom. The SMILES string of the molecule is Cc1cc2oc(=O)cc(CN3C[C@H]4CCC[C@@H](N)[C@H]4C3)c2cc1C. The zero-order chi connectivity index (χ0) is 16.8. The van der Waals surface area contributed by atoms with Crippen molar-refractivity contribution >= 4 is 11.0 Å². The Kier molecular flexibility index (Phi) is 3.97. The van der Waals surface area contributed by atoms with Crippen LogP contribution in [0, 0.1) is 25.7 Å². The van der Waals surface area contributed by atoms with E-state index in [0.717, 1.165) is 48.5 Å². The van der Waals surface area contributed by atoms with E-state index in [2.05, 4.69) is 17.9 Å². The first-order chi connectivity index (χ1) is 11.5. The van der Waals surface area contributed by atoms with Crippen molar-refractivity contribution in [1.82, 2.24) is 4.90 Å². The van der Waals surface area contributed by atoms with Gasteiger partial charge in [0, 0.05) is 37.1 Å². The summed E-state index contributed by atoms with van der Waals surface area (Å²) in [6.07, 6.45) is 3.71. The molecule has 4 heteroatoms. The van der Waals surface area contributed by atoms with Crippen LogP contribution in [0.25, 0.3) is 11.0 Å². The molecule has 1 aliphatic carbocycles. The molecule has 24 heavy (non-hydrogen) atoms. The van der Waals surface area contributed by atoms with Gasteiger partial charge >= 0.3 is 5.63 Å². The van der Waals surface area contributed by atoms with Gasteiger partial charge in [0.25, 0.3) is 0 Å². The number of hydrogen-bond acceptors (Lipinski definition) is 4. The van der Waals surface area contributed by atoms with Crippen LogP contribution in [0.3, 0.4) is 0 Å². The minimum absolute atomic E-state index is 0.255. The van der Waals surface area contributed by atoms with Crippen molar-refractivity contribution in [2.24, 2.45) is 17.6 Å². The summed E-state index contributed by atoms with van der Waals surface area (Å²) in [6.45, 7) is 7.12. The Morgan fingerprint density at radius 3 is 2.75 bits per heavy atom. The molecule has 0 spiro atoms. The predicted octanol–water partition coefficient (Wildman–Crippen LogP) is 2.97. The standard InChI is InChI=1S/C20H26N2O2/c1-12-6-16-15(8-20(23)24-19(16)7-13(12)2)10-22-9-14-4-3-5-18(21)17(14)11-22/h6-8,14,17-18H,3-5,9-11,21H2,1-2H3/t14-,17+,18-/m1/s1. The highest BCUT2D eigenvalue weighted by molar-refractivity contribution is 5.81. The molecule has 1 aromatic carbocycles. The summed E-state index contributed by atoms with van der Waals surface area (Å²) in [5.41, 5.74) is 10.2. The van der Waals surface area contributed by atoms with Gasteiger partial charge in [0.2, 0.25) is 0 Å². The fourth-order valence-corrected chi connectivity index (χ4v) is 4.59. The summed E-state index contributed by atoms with van der Waals surface area (Å²) in [5.74, 6) is 1.35. The third kappa shape index (κ3) is 2.78. The number of likely N-dealkylation sites (tertiary alicyclic amines) is 1. The van der Waals surface area contributed by atoms with Crippen LogP contribution in [0.4, 0.5) is 0 Å². The van der Waals surface area contributed by atoms with Gasteiger partial charge in [-0.3, -0.25) is 4.90 Å². The highest BCUT2D eigenvalue weighted by atomic mass is 16.4. The molecule has 2 heterocycles. The number of fused-ring (bicyclic) bond motifs is 2. The minimum atomic E-state index is -0.255. The molecule has 2 N–H and O–H groups in total. The van der Waals surface area contributed by atoms with Gasteiger partial charge in [-0.25, -0.2) is 4.79 Å². The summed E-state index contributed by atoms with van der Waals surface area (Å²) >= 11 is 0. The molecule has 2 aliphatic rings. The van der Waals surface area contributed by atoms with E-state index in [-0.39, 0.29) is 5.63 Å². The third-order valence-corrected chi connectivity index (χ3v) is 6.07. The number of rotatable bonds is 2. The van der Waals surface area contributed by atoms with Gasteiger partial charge in [0.1, 0.15) is 5.58 Å². The largest absolute Gasteiger partial charge is 0.423 e. The van der Waals surface area contributed by atoms with Crippen molar-refractivity contribution in [3.05, 3.63) is 45.3 Å². The van der Waals surface area contributed by atoms with Crippen LogP contribution in [0.5, 0.6) is 0 Å². The first kappa shape index (κ1) is 15.9. The molecule has 0 bridgehead atoms. The molecule has 3 atom stereocenters. The van der Waals surface area contributed by atoms with Crippen LogP contribution in [-0.2, 0) is 6.54 Å². The lowest BCUT2D eigenvalue weighted by atomic mass is 9.78. The van der Waals surface area contributed by atoms with Crippen molar-refractivity contribution < 1.29 is 4.42 Å². The first-order valence-electron chi connectivity index (χ1n) is 9.03. The van der Waals surface area contributed by atoms with E-state index in [9.17, 15) is 4.79 Å². The normalized spacial score (nSPS) is 27.5. The number of hydrogen-bond donors (Lipinski definition) is 1. The van der Waals surface area contributed by atoms with E-state index in [1.54, 1.807) is 6.07 Å². The molecular formula is C20H26N2O2. The molecule has 4 rings (SSSR count). The van der Waals surface area contributed by atoms with Gasteiger partial charge in [0.05, 0.1) is 0 Å². The molecule has 0 unspecified atom stereocenters. The summed E-state index contributed by atoms with van der Waals surface area (Å²) < 4.78 is 5.42. The molecule has 1 aromatic heterocycles. The predicted molar refractivity (Wildman–Crippen MR) is 96.0 cm³/mol. The van der Waals surface area contributed by atoms with Gasteiger partial charge in [-0.15, -0.1) is 0 Å². The van der Waals surface area contributed by atoms with Crippen LogP contribution in [-0.4, -0.2) is 24.0 Å². The summed E-state index contributed by atoms with van der Waals surface area (Å²) in [6, 6.07) is 6.14. The number of aryl methyl sites for hydroxylation is 2.